The van der Waals surface area contributed by atoms with Crippen LogP contribution in [0.5, 0.6) is 0 Å². The van der Waals surface area contributed by atoms with Crippen molar-refractivity contribution in [2.45, 2.75) is 72.1 Å². The predicted octanol–water partition coefficient (Wildman–Crippen LogP) is 2.61. The van der Waals surface area contributed by atoms with E-state index in [2.05, 4.69) is 44.8 Å². The van der Waals surface area contributed by atoms with Gasteiger partial charge < -0.3 is 4.90 Å². The summed E-state index contributed by atoms with van der Waals surface area (Å²) in [6.07, 6.45) is 3.86. The van der Waals surface area contributed by atoms with Crippen LogP contribution < -0.4 is 5.32 Å². The summed E-state index contributed by atoms with van der Waals surface area (Å²) in [6.45, 7) is 11.0. The van der Waals surface area contributed by atoms with Crippen molar-refractivity contribution in [2.75, 3.05) is 0 Å². The number of nitrogens with zero attached hydrogens (tertiary/aromatic N) is 1. The highest BCUT2D eigenvalue weighted by Crippen LogP contribution is 2.34. The summed E-state index contributed by atoms with van der Waals surface area (Å²) in [5.41, 5.74) is 0. The molecule has 0 spiro atoms. The largest absolute Gasteiger partial charge is 0.323 e. The zero-order valence-electron chi connectivity index (χ0n) is 12.4. The molecule has 104 valence electrons. The molecule has 1 saturated heterocycles. The molecule has 0 radical (unpaired) electrons. The molecule has 4 atom stereocenters. The highest BCUT2D eigenvalue weighted by Gasteiger charge is 2.43. The lowest BCUT2D eigenvalue weighted by Crippen LogP contribution is -2.46. The third kappa shape index (κ3) is 2.56. The zero-order valence-corrected chi connectivity index (χ0v) is 12.4. The molecule has 1 N–H and O–H groups in total. The molecule has 2 fully saturated rings. The molecule has 1 amide bonds. The van der Waals surface area contributed by atoms with E-state index in [-0.39, 0.29) is 12.2 Å². The van der Waals surface area contributed by atoms with Gasteiger partial charge in [0.25, 0.3) is 0 Å². The molecule has 1 heterocycles. The fraction of sp³-hybridized carbons (Fsp3) is 0.933. The van der Waals surface area contributed by atoms with E-state index in [0.717, 1.165) is 11.8 Å². The molecule has 0 aromatic carbocycles. The van der Waals surface area contributed by atoms with Gasteiger partial charge in [-0.25, -0.2) is 0 Å². The summed E-state index contributed by atoms with van der Waals surface area (Å²) in [4.78, 5) is 14.7. The highest BCUT2D eigenvalue weighted by molar-refractivity contribution is 5.84. The van der Waals surface area contributed by atoms with E-state index in [1.54, 1.807) is 0 Å². The van der Waals surface area contributed by atoms with Crippen LogP contribution in [-0.4, -0.2) is 29.1 Å². The Bertz CT molecular complexity index is 306. The van der Waals surface area contributed by atoms with Crippen LogP contribution in [0.1, 0.15) is 53.9 Å². The summed E-state index contributed by atoms with van der Waals surface area (Å²) < 4.78 is 0. The third-order valence-electron chi connectivity index (χ3n) is 4.57. The van der Waals surface area contributed by atoms with Gasteiger partial charge in [0.15, 0.2) is 0 Å². The average molecular weight is 252 g/mol. The molecular weight excluding hydrogens is 224 g/mol. The van der Waals surface area contributed by atoms with E-state index < -0.39 is 0 Å². The Morgan fingerprint density at radius 3 is 2.11 bits per heavy atom. The van der Waals surface area contributed by atoms with Crippen molar-refractivity contribution in [3.8, 4) is 0 Å². The van der Waals surface area contributed by atoms with E-state index in [1.165, 1.54) is 19.3 Å². The molecule has 3 nitrogen and oxygen atoms in total. The Morgan fingerprint density at radius 1 is 1.11 bits per heavy atom. The summed E-state index contributed by atoms with van der Waals surface area (Å²) >= 11 is 0. The molecule has 1 aliphatic heterocycles. The first-order valence-corrected chi connectivity index (χ1v) is 7.48. The number of carbonyl (C=O) groups excluding carboxylic acids is 1. The molecule has 0 aromatic rings. The quantitative estimate of drug-likeness (QED) is 0.819. The second-order valence-electron chi connectivity index (χ2n) is 6.88. The van der Waals surface area contributed by atoms with Crippen LogP contribution in [0, 0.1) is 17.8 Å². The van der Waals surface area contributed by atoms with Crippen molar-refractivity contribution in [3.63, 3.8) is 0 Å². The van der Waals surface area contributed by atoms with E-state index >= 15 is 0 Å². The molecular formula is C15H28N2O. The van der Waals surface area contributed by atoms with Crippen LogP contribution in [0.15, 0.2) is 0 Å². The lowest BCUT2D eigenvalue weighted by molar-refractivity contribution is -0.134. The standard InChI is InChI=1S/C15H28N2O/c1-9(2)14-15(18)17(12(5)16-14)13-7-10(3)6-11(4)8-13/h9-14,16H,6-8H2,1-5H3. The van der Waals surface area contributed by atoms with Gasteiger partial charge in [-0.15, -0.1) is 0 Å². The van der Waals surface area contributed by atoms with Crippen molar-refractivity contribution in [3.05, 3.63) is 0 Å². The van der Waals surface area contributed by atoms with E-state index in [0.29, 0.717) is 17.9 Å². The first-order chi connectivity index (χ1) is 8.40. The Hall–Kier alpha value is -0.570. The minimum absolute atomic E-state index is 0.0209. The zero-order chi connectivity index (χ0) is 13.4. The van der Waals surface area contributed by atoms with Crippen molar-refractivity contribution in [1.82, 2.24) is 10.2 Å². The van der Waals surface area contributed by atoms with Crippen LogP contribution >= 0.6 is 0 Å². The fourth-order valence-electron chi connectivity index (χ4n) is 3.87. The number of carbonyl (C=O) groups is 1. The summed E-state index contributed by atoms with van der Waals surface area (Å²) in [7, 11) is 0. The summed E-state index contributed by atoms with van der Waals surface area (Å²) in [6, 6.07) is 0.468. The van der Waals surface area contributed by atoms with Gasteiger partial charge in [-0.05, 0) is 43.9 Å². The van der Waals surface area contributed by atoms with E-state index in [9.17, 15) is 4.79 Å². The van der Waals surface area contributed by atoms with Gasteiger partial charge in [-0.3, -0.25) is 10.1 Å². The maximum Gasteiger partial charge on any atom is 0.241 e. The molecule has 2 aliphatic rings. The minimum Gasteiger partial charge on any atom is -0.323 e. The smallest absolute Gasteiger partial charge is 0.241 e. The monoisotopic (exact) mass is 252 g/mol. The normalized spacial score (nSPS) is 41.8. The molecule has 0 bridgehead atoms. The molecule has 1 saturated carbocycles. The van der Waals surface area contributed by atoms with Crippen LogP contribution in [0.3, 0.4) is 0 Å². The average Bonchev–Trinajstić information content (AvgIpc) is 2.52. The summed E-state index contributed by atoms with van der Waals surface area (Å²) in [5.74, 6) is 2.20. The van der Waals surface area contributed by atoms with Crippen LogP contribution in [-0.2, 0) is 4.79 Å². The molecule has 2 rings (SSSR count). The molecule has 1 aliphatic carbocycles. The van der Waals surface area contributed by atoms with Crippen molar-refractivity contribution < 1.29 is 4.79 Å². The Balaban J connectivity index is 2.10. The Morgan fingerprint density at radius 2 is 1.67 bits per heavy atom. The Kier molecular flexibility index (Phi) is 4.00. The van der Waals surface area contributed by atoms with Gasteiger partial charge in [0, 0.05) is 6.04 Å². The van der Waals surface area contributed by atoms with Crippen LogP contribution in [0.2, 0.25) is 0 Å². The van der Waals surface area contributed by atoms with Gasteiger partial charge in [-0.2, -0.15) is 0 Å². The van der Waals surface area contributed by atoms with Gasteiger partial charge in [0.2, 0.25) is 5.91 Å². The number of hydrogen-bond acceptors (Lipinski definition) is 2. The first kappa shape index (κ1) is 13.9. The van der Waals surface area contributed by atoms with E-state index in [1.807, 2.05) is 0 Å². The number of amides is 1. The highest BCUT2D eigenvalue weighted by atomic mass is 16.2. The SMILES string of the molecule is CC1CC(C)CC(N2C(=O)C(C(C)C)NC2C)C1. The maximum atomic E-state index is 12.5. The van der Waals surface area contributed by atoms with Crippen molar-refractivity contribution >= 4 is 5.91 Å². The van der Waals surface area contributed by atoms with Crippen LogP contribution in [0.4, 0.5) is 0 Å². The first-order valence-electron chi connectivity index (χ1n) is 7.48. The number of nitrogens with one attached hydrogen (secondary N) is 1. The molecule has 0 aromatic heterocycles. The fourth-order valence-corrected chi connectivity index (χ4v) is 3.87. The van der Waals surface area contributed by atoms with Gasteiger partial charge >= 0.3 is 0 Å². The predicted molar refractivity (Wildman–Crippen MR) is 74.0 cm³/mol. The van der Waals surface area contributed by atoms with Gasteiger partial charge in [0.1, 0.15) is 0 Å². The van der Waals surface area contributed by atoms with Gasteiger partial charge in [-0.1, -0.05) is 27.7 Å². The van der Waals surface area contributed by atoms with Crippen molar-refractivity contribution in [2.24, 2.45) is 17.8 Å². The minimum atomic E-state index is 0.0209. The lowest BCUT2D eigenvalue weighted by atomic mass is 9.79. The lowest BCUT2D eigenvalue weighted by Gasteiger charge is -2.39. The third-order valence-corrected chi connectivity index (χ3v) is 4.57. The Labute approximate surface area is 111 Å². The summed E-state index contributed by atoms with van der Waals surface area (Å²) in [5, 5.41) is 3.46. The second kappa shape index (κ2) is 5.20. The molecule has 4 unspecified atom stereocenters. The topological polar surface area (TPSA) is 32.3 Å². The maximum absolute atomic E-state index is 12.5. The van der Waals surface area contributed by atoms with Crippen molar-refractivity contribution in [1.29, 1.82) is 0 Å². The number of rotatable bonds is 2. The van der Waals surface area contributed by atoms with Gasteiger partial charge in [0.05, 0.1) is 12.2 Å². The van der Waals surface area contributed by atoms with E-state index in [4.69, 9.17) is 0 Å². The number of hydrogen-bond donors (Lipinski definition) is 1. The second-order valence-corrected chi connectivity index (χ2v) is 6.88. The molecule has 18 heavy (non-hydrogen) atoms. The van der Waals surface area contributed by atoms with Crippen LogP contribution in [0.25, 0.3) is 0 Å². The molecule has 3 heteroatoms.